The highest BCUT2D eigenvalue weighted by Gasteiger charge is 2.18. The van der Waals surface area contributed by atoms with E-state index in [1.165, 1.54) is 0 Å². The van der Waals surface area contributed by atoms with E-state index in [1.54, 1.807) is 6.20 Å². The molecule has 3 N–H and O–H groups in total. The van der Waals surface area contributed by atoms with Gasteiger partial charge in [-0.2, -0.15) is 0 Å². The summed E-state index contributed by atoms with van der Waals surface area (Å²) in [5.74, 6) is 0.968. The Kier molecular flexibility index (Phi) is 5.76. The molecule has 4 heterocycles. The maximum Gasteiger partial charge on any atom is 0.228 e. The van der Waals surface area contributed by atoms with E-state index in [0.29, 0.717) is 11.6 Å². The Labute approximate surface area is 219 Å². The monoisotopic (exact) mass is 499 g/mol. The van der Waals surface area contributed by atoms with Gasteiger partial charge in [-0.15, -0.1) is 0 Å². The topological polar surface area (TPSA) is 112 Å². The predicted octanol–water partition coefficient (Wildman–Crippen LogP) is 5.41. The van der Waals surface area contributed by atoms with Crippen LogP contribution in [0.4, 0.5) is 11.5 Å². The number of nitrogens with one attached hydrogen (secondary N) is 1. The molecule has 0 bridgehead atoms. The highest BCUT2D eigenvalue weighted by atomic mass is 16.1. The van der Waals surface area contributed by atoms with Gasteiger partial charge in [0, 0.05) is 34.8 Å². The van der Waals surface area contributed by atoms with Crippen molar-refractivity contribution in [3.05, 3.63) is 102 Å². The first-order chi connectivity index (χ1) is 18.4. The molecule has 0 aliphatic rings. The lowest BCUT2D eigenvalue weighted by molar-refractivity contribution is -0.115. The second kappa shape index (κ2) is 9.40. The van der Waals surface area contributed by atoms with E-state index in [0.717, 1.165) is 55.8 Å². The average molecular weight is 500 g/mol. The second-order valence-corrected chi connectivity index (χ2v) is 9.31. The Bertz CT molecular complexity index is 1820. The van der Waals surface area contributed by atoms with E-state index in [2.05, 4.69) is 20.3 Å². The Morgan fingerprint density at radius 3 is 2.58 bits per heavy atom. The molecule has 0 aliphatic heterocycles. The van der Waals surface area contributed by atoms with Gasteiger partial charge in [-0.05, 0) is 79.6 Å². The molecule has 4 aromatic heterocycles. The largest absolute Gasteiger partial charge is 0.383 e. The summed E-state index contributed by atoms with van der Waals surface area (Å²) < 4.78 is 1.97. The molecule has 8 nitrogen and oxygen atoms in total. The summed E-state index contributed by atoms with van der Waals surface area (Å²) in [7, 11) is 0. The molecule has 2 aromatic carbocycles. The summed E-state index contributed by atoms with van der Waals surface area (Å²) in [4.78, 5) is 31.0. The minimum Gasteiger partial charge on any atom is -0.383 e. The molecule has 0 fully saturated rings. The van der Waals surface area contributed by atoms with Crippen molar-refractivity contribution < 1.29 is 4.79 Å². The summed E-state index contributed by atoms with van der Waals surface area (Å²) in [5.41, 5.74) is 13.8. The Morgan fingerprint density at radius 1 is 0.921 bits per heavy atom. The molecule has 6 rings (SSSR count). The molecule has 1 amide bonds. The number of carbonyl (C=O) groups excluding carboxylic acids is 1. The van der Waals surface area contributed by atoms with Crippen LogP contribution in [-0.4, -0.2) is 30.4 Å². The van der Waals surface area contributed by atoms with Gasteiger partial charge in [0.05, 0.1) is 17.5 Å². The van der Waals surface area contributed by atoms with E-state index in [1.807, 2.05) is 97.4 Å². The third-order valence-corrected chi connectivity index (χ3v) is 6.38. The fraction of sp³-hybridized carbons (Fsp3) is 0.100. The molecular weight excluding hydrogens is 474 g/mol. The molecule has 186 valence electrons. The van der Waals surface area contributed by atoms with Gasteiger partial charge in [-0.25, -0.2) is 15.0 Å². The quantitative estimate of drug-likeness (QED) is 0.328. The van der Waals surface area contributed by atoms with Gasteiger partial charge in [0.25, 0.3) is 0 Å². The van der Waals surface area contributed by atoms with Gasteiger partial charge in [0.1, 0.15) is 11.3 Å². The van der Waals surface area contributed by atoms with Crippen LogP contribution in [0.5, 0.6) is 0 Å². The summed E-state index contributed by atoms with van der Waals surface area (Å²) in [6.07, 6.45) is 3.72. The number of nitrogens with zero attached hydrogens (tertiary/aromatic N) is 5. The first kappa shape index (κ1) is 23.3. The van der Waals surface area contributed by atoms with Crippen molar-refractivity contribution in [1.29, 1.82) is 0 Å². The van der Waals surface area contributed by atoms with E-state index in [9.17, 15) is 4.79 Å². The number of amides is 1. The van der Waals surface area contributed by atoms with Gasteiger partial charge in [0.2, 0.25) is 5.91 Å². The summed E-state index contributed by atoms with van der Waals surface area (Å²) >= 11 is 0. The van der Waals surface area contributed by atoms with Crippen LogP contribution in [0.2, 0.25) is 0 Å². The smallest absolute Gasteiger partial charge is 0.228 e. The van der Waals surface area contributed by atoms with Crippen molar-refractivity contribution in [2.45, 2.75) is 20.3 Å². The van der Waals surface area contributed by atoms with Crippen LogP contribution in [0.3, 0.4) is 0 Å². The normalized spacial score (nSPS) is 11.2. The number of nitrogen functional groups attached to an aromatic ring is 1. The lowest BCUT2D eigenvalue weighted by Crippen LogP contribution is -2.14. The number of hydrogen-bond donors (Lipinski definition) is 2. The molecule has 0 radical (unpaired) electrons. The standard InChI is InChI=1S/C30H25N7O/c1-18-14-26-30(33-17-18)37(29(36-26)24-4-3-13-32-28(24)31)23-10-6-20(7-11-23)15-27(38)35-22-9-12-25-21(16-22)8-5-19(2)34-25/h3-14,16-17H,15H2,1-2H3,(H2,31,32)(H,35,38). The molecule has 0 atom stereocenters. The first-order valence-electron chi connectivity index (χ1n) is 12.3. The zero-order valence-electron chi connectivity index (χ0n) is 21.0. The van der Waals surface area contributed by atoms with Gasteiger partial charge < -0.3 is 11.1 Å². The van der Waals surface area contributed by atoms with Gasteiger partial charge in [-0.3, -0.25) is 14.3 Å². The number of anilines is 2. The third-order valence-electron chi connectivity index (χ3n) is 6.38. The molecular formula is C30H25N7O. The zero-order chi connectivity index (χ0) is 26.2. The van der Waals surface area contributed by atoms with Crippen LogP contribution in [0, 0.1) is 13.8 Å². The number of benzene rings is 2. The highest BCUT2D eigenvalue weighted by molar-refractivity contribution is 5.95. The second-order valence-electron chi connectivity index (χ2n) is 9.31. The molecule has 0 aliphatic carbocycles. The Morgan fingerprint density at radius 2 is 1.76 bits per heavy atom. The number of carbonyl (C=O) groups is 1. The van der Waals surface area contributed by atoms with E-state index in [-0.39, 0.29) is 12.3 Å². The van der Waals surface area contributed by atoms with E-state index in [4.69, 9.17) is 10.7 Å². The summed E-state index contributed by atoms with van der Waals surface area (Å²) in [6.45, 7) is 3.95. The predicted molar refractivity (Wildman–Crippen MR) is 150 cm³/mol. The lowest BCUT2D eigenvalue weighted by Gasteiger charge is -2.11. The first-order valence-corrected chi connectivity index (χ1v) is 12.3. The van der Waals surface area contributed by atoms with Crippen molar-refractivity contribution in [2.24, 2.45) is 0 Å². The number of aromatic nitrogens is 5. The maximum absolute atomic E-state index is 12.8. The number of fused-ring (bicyclic) bond motifs is 2. The average Bonchev–Trinajstić information content (AvgIpc) is 3.27. The Hall–Kier alpha value is -5.11. The van der Waals surface area contributed by atoms with E-state index < -0.39 is 0 Å². The number of nitrogens with two attached hydrogens (primary N) is 1. The number of aryl methyl sites for hydroxylation is 2. The summed E-state index contributed by atoms with van der Waals surface area (Å²) in [6, 6.07) is 23.3. The van der Waals surface area contributed by atoms with Crippen LogP contribution < -0.4 is 11.1 Å². The van der Waals surface area contributed by atoms with Crippen molar-refractivity contribution in [1.82, 2.24) is 24.5 Å². The molecule has 8 heteroatoms. The third kappa shape index (κ3) is 4.43. The van der Waals surface area contributed by atoms with Crippen LogP contribution in [-0.2, 0) is 11.2 Å². The molecule has 6 aromatic rings. The van der Waals surface area contributed by atoms with Gasteiger partial charge in [0.15, 0.2) is 11.5 Å². The number of pyridine rings is 3. The minimum atomic E-state index is -0.0915. The van der Waals surface area contributed by atoms with Gasteiger partial charge >= 0.3 is 0 Å². The van der Waals surface area contributed by atoms with Gasteiger partial charge in [-0.1, -0.05) is 18.2 Å². The van der Waals surface area contributed by atoms with Crippen molar-refractivity contribution in [3.8, 4) is 17.1 Å². The number of rotatable bonds is 5. The SMILES string of the molecule is Cc1cnc2c(c1)nc(-c1cccnc1N)n2-c1ccc(CC(=O)Nc2ccc3nc(C)ccc3c2)cc1. The highest BCUT2D eigenvalue weighted by Crippen LogP contribution is 2.30. The van der Waals surface area contributed by atoms with Crippen molar-refractivity contribution in [3.63, 3.8) is 0 Å². The molecule has 38 heavy (non-hydrogen) atoms. The molecule has 0 unspecified atom stereocenters. The number of imidazole rings is 1. The van der Waals surface area contributed by atoms with Crippen LogP contribution in [0.25, 0.3) is 39.1 Å². The summed E-state index contributed by atoms with van der Waals surface area (Å²) in [5, 5.41) is 3.98. The number of hydrogen-bond acceptors (Lipinski definition) is 6. The van der Waals surface area contributed by atoms with Crippen molar-refractivity contribution in [2.75, 3.05) is 11.1 Å². The molecule has 0 saturated heterocycles. The van der Waals surface area contributed by atoms with Crippen LogP contribution in [0.15, 0.2) is 85.2 Å². The maximum atomic E-state index is 12.8. The van der Waals surface area contributed by atoms with Crippen molar-refractivity contribution >= 4 is 39.5 Å². The molecule has 0 saturated carbocycles. The molecule has 0 spiro atoms. The van der Waals surface area contributed by atoms with Crippen LogP contribution >= 0.6 is 0 Å². The van der Waals surface area contributed by atoms with E-state index >= 15 is 0 Å². The minimum absolute atomic E-state index is 0.0915. The fourth-order valence-corrected chi connectivity index (χ4v) is 4.56. The fourth-order valence-electron chi connectivity index (χ4n) is 4.56. The van der Waals surface area contributed by atoms with Crippen LogP contribution in [0.1, 0.15) is 16.8 Å². The lowest BCUT2D eigenvalue weighted by atomic mass is 10.1. The zero-order valence-corrected chi connectivity index (χ0v) is 21.0. The Balaban J connectivity index is 1.27.